The maximum Gasteiger partial charge on any atom is 0.272 e. The molecule has 6 heteroatoms. The van der Waals surface area contributed by atoms with Crippen LogP contribution < -0.4 is 5.32 Å². The second-order valence-corrected chi connectivity index (χ2v) is 6.98. The maximum absolute atomic E-state index is 12.7. The lowest BCUT2D eigenvalue weighted by molar-refractivity contribution is 0.0861. The Kier molecular flexibility index (Phi) is 4.43. The smallest absolute Gasteiger partial charge is 0.272 e. The second-order valence-electron chi connectivity index (χ2n) is 6.98. The highest BCUT2D eigenvalue weighted by molar-refractivity contribution is 5.94. The van der Waals surface area contributed by atoms with Gasteiger partial charge in [-0.05, 0) is 20.9 Å². The van der Waals surface area contributed by atoms with E-state index in [1.54, 1.807) is 13.8 Å². The van der Waals surface area contributed by atoms with E-state index in [0.717, 1.165) is 30.2 Å². The number of carbonyl (C=O) groups is 1. The van der Waals surface area contributed by atoms with Crippen LogP contribution in [0.15, 0.2) is 30.3 Å². The normalized spacial score (nSPS) is 15.2. The van der Waals surface area contributed by atoms with Gasteiger partial charge in [0.15, 0.2) is 5.69 Å². The highest BCUT2D eigenvalue weighted by atomic mass is 16.3. The van der Waals surface area contributed by atoms with E-state index in [-0.39, 0.29) is 12.5 Å². The number of benzene rings is 1. The van der Waals surface area contributed by atoms with Crippen LogP contribution in [-0.2, 0) is 13.1 Å². The average molecular weight is 328 g/mol. The number of nitrogens with zero attached hydrogens (tertiary/aromatic N) is 3. The first-order valence-corrected chi connectivity index (χ1v) is 8.18. The molecule has 0 bridgehead atoms. The minimum atomic E-state index is -0.680. The average Bonchev–Trinajstić information content (AvgIpc) is 2.94. The number of aliphatic hydroxyl groups excluding tert-OH is 1. The number of amides is 1. The first-order valence-electron chi connectivity index (χ1n) is 8.18. The number of fused-ring (bicyclic) bond motifs is 1. The molecule has 24 heavy (non-hydrogen) atoms. The van der Waals surface area contributed by atoms with Crippen molar-refractivity contribution in [3.63, 3.8) is 0 Å². The van der Waals surface area contributed by atoms with Gasteiger partial charge in [-0.2, -0.15) is 0 Å². The van der Waals surface area contributed by atoms with E-state index in [4.69, 9.17) is 0 Å². The Morgan fingerprint density at radius 2 is 2.00 bits per heavy atom. The van der Waals surface area contributed by atoms with Crippen molar-refractivity contribution < 1.29 is 9.90 Å². The number of imidazole rings is 1. The van der Waals surface area contributed by atoms with Gasteiger partial charge in [-0.25, -0.2) is 4.98 Å². The maximum atomic E-state index is 12.7. The SMILES string of the molecule is CN1CCn2c(-c3ccccc3)nc(C(=O)NC(C)(C)CO)c2C1. The molecule has 1 aliphatic rings. The Morgan fingerprint density at radius 3 is 2.67 bits per heavy atom. The van der Waals surface area contributed by atoms with Crippen molar-refractivity contribution in [3.05, 3.63) is 41.7 Å². The van der Waals surface area contributed by atoms with Crippen molar-refractivity contribution >= 4 is 5.91 Å². The molecule has 6 nitrogen and oxygen atoms in total. The number of aromatic nitrogens is 2. The van der Waals surface area contributed by atoms with Gasteiger partial charge in [-0.15, -0.1) is 0 Å². The molecule has 0 fully saturated rings. The van der Waals surface area contributed by atoms with E-state index in [9.17, 15) is 9.90 Å². The van der Waals surface area contributed by atoms with Gasteiger partial charge in [0.2, 0.25) is 0 Å². The molecule has 2 aromatic rings. The quantitative estimate of drug-likeness (QED) is 0.892. The summed E-state index contributed by atoms with van der Waals surface area (Å²) in [6.45, 7) is 5.86. The van der Waals surface area contributed by atoms with Crippen molar-refractivity contribution in [2.45, 2.75) is 32.5 Å². The third-order valence-corrected chi connectivity index (χ3v) is 4.29. The fourth-order valence-electron chi connectivity index (χ4n) is 2.89. The van der Waals surface area contributed by atoms with Gasteiger partial charge in [0.25, 0.3) is 5.91 Å². The zero-order valence-electron chi connectivity index (χ0n) is 14.4. The van der Waals surface area contributed by atoms with Crippen molar-refractivity contribution in [2.24, 2.45) is 0 Å². The van der Waals surface area contributed by atoms with Crippen LogP contribution in [0.4, 0.5) is 0 Å². The summed E-state index contributed by atoms with van der Waals surface area (Å²) in [5, 5.41) is 12.3. The lowest BCUT2D eigenvalue weighted by Crippen LogP contribution is -2.46. The summed E-state index contributed by atoms with van der Waals surface area (Å²) in [7, 11) is 2.04. The molecule has 0 unspecified atom stereocenters. The number of likely N-dealkylation sites (N-methyl/N-ethyl adjacent to an activating group) is 1. The molecule has 128 valence electrons. The molecule has 0 spiro atoms. The summed E-state index contributed by atoms with van der Waals surface area (Å²) < 4.78 is 2.14. The van der Waals surface area contributed by atoms with Crippen LogP contribution in [0.3, 0.4) is 0 Å². The topological polar surface area (TPSA) is 70.4 Å². The molecule has 1 amide bonds. The highest BCUT2D eigenvalue weighted by Crippen LogP contribution is 2.26. The minimum absolute atomic E-state index is 0.125. The van der Waals surface area contributed by atoms with Gasteiger partial charge in [-0.3, -0.25) is 9.69 Å². The van der Waals surface area contributed by atoms with Crippen LogP contribution in [-0.4, -0.2) is 51.2 Å². The fourth-order valence-corrected chi connectivity index (χ4v) is 2.89. The van der Waals surface area contributed by atoms with Crippen molar-refractivity contribution in [2.75, 3.05) is 20.2 Å². The van der Waals surface area contributed by atoms with Crippen LogP contribution in [0, 0.1) is 0 Å². The van der Waals surface area contributed by atoms with E-state index in [1.165, 1.54) is 0 Å². The molecular weight excluding hydrogens is 304 g/mol. The van der Waals surface area contributed by atoms with Crippen molar-refractivity contribution in [3.8, 4) is 11.4 Å². The third kappa shape index (κ3) is 3.20. The predicted molar refractivity (Wildman–Crippen MR) is 92.6 cm³/mol. The predicted octanol–water partition coefficient (Wildman–Crippen LogP) is 1.50. The zero-order chi connectivity index (χ0) is 17.3. The lowest BCUT2D eigenvalue weighted by Gasteiger charge is -2.27. The Morgan fingerprint density at radius 1 is 1.29 bits per heavy atom. The van der Waals surface area contributed by atoms with E-state index < -0.39 is 5.54 Å². The summed E-state index contributed by atoms with van der Waals surface area (Å²) in [4.78, 5) is 19.6. The van der Waals surface area contributed by atoms with Gasteiger partial charge in [0.05, 0.1) is 17.8 Å². The summed E-state index contributed by atoms with van der Waals surface area (Å²) in [5.41, 5.74) is 1.70. The number of nitrogens with one attached hydrogen (secondary N) is 1. The molecule has 3 rings (SSSR count). The van der Waals surface area contributed by atoms with E-state index >= 15 is 0 Å². The minimum Gasteiger partial charge on any atom is -0.394 e. The van der Waals surface area contributed by atoms with Gasteiger partial charge in [0, 0.05) is 25.2 Å². The first kappa shape index (κ1) is 16.7. The van der Waals surface area contributed by atoms with Gasteiger partial charge < -0.3 is 15.0 Å². The Labute approximate surface area is 142 Å². The van der Waals surface area contributed by atoms with Crippen LogP contribution in [0.5, 0.6) is 0 Å². The molecule has 0 radical (unpaired) electrons. The van der Waals surface area contributed by atoms with Crippen LogP contribution in [0.25, 0.3) is 11.4 Å². The fraction of sp³-hybridized carbons (Fsp3) is 0.444. The lowest BCUT2D eigenvalue weighted by atomic mass is 10.1. The molecule has 1 aliphatic heterocycles. The number of hydrogen-bond donors (Lipinski definition) is 2. The van der Waals surface area contributed by atoms with E-state index in [0.29, 0.717) is 12.2 Å². The standard InChI is InChI=1S/C18H24N4O2/c1-18(2,12-23)20-17(24)15-14-11-21(3)9-10-22(14)16(19-15)13-7-5-4-6-8-13/h4-8,23H,9-12H2,1-3H3,(H,20,24). The third-order valence-electron chi connectivity index (χ3n) is 4.29. The zero-order valence-corrected chi connectivity index (χ0v) is 14.4. The van der Waals surface area contributed by atoms with Gasteiger partial charge in [-0.1, -0.05) is 30.3 Å². The molecule has 2 N–H and O–H groups in total. The Balaban J connectivity index is 2.04. The molecule has 1 aromatic heterocycles. The number of rotatable bonds is 4. The number of carbonyl (C=O) groups excluding carboxylic acids is 1. The summed E-state index contributed by atoms with van der Waals surface area (Å²) >= 11 is 0. The number of aliphatic hydroxyl groups is 1. The molecule has 0 atom stereocenters. The van der Waals surface area contributed by atoms with Crippen LogP contribution in [0.1, 0.15) is 30.0 Å². The van der Waals surface area contributed by atoms with Crippen molar-refractivity contribution in [1.29, 1.82) is 0 Å². The van der Waals surface area contributed by atoms with Crippen LogP contribution in [0.2, 0.25) is 0 Å². The van der Waals surface area contributed by atoms with E-state index in [1.807, 2.05) is 37.4 Å². The molecule has 0 saturated heterocycles. The summed E-state index contributed by atoms with van der Waals surface area (Å²) in [6, 6.07) is 9.93. The van der Waals surface area contributed by atoms with Crippen LogP contribution >= 0.6 is 0 Å². The Bertz CT molecular complexity index is 737. The monoisotopic (exact) mass is 328 g/mol. The first-order chi connectivity index (χ1) is 11.4. The summed E-state index contributed by atoms with van der Waals surface area (Å²) in [6.07, 6.45) is 0. The molecular formula is C18H24N4O2. The molecule has 1 aromatic carbocycles. The van der Waals surface area contributed by atoms with Crippen molar-refractivity contribution in [1.82, 2.24) is 19.8 Å². The molecule has 0 aliphatic carbocycles. The largest absolute Gasteiger partial charge is 0.394 e. The molecule has 2 heterocycles. The Hall–Kier alpha value is -2.18. The van der Waals surface area contributed by atoms with Gasteiger partial charge >= 0.3 is 0 Å². The van der Waals surface area contributed by atoms with Gasteiger partial charge in [0.1, 0.15) is 5.82 Å². The number of hydrogen-bond acceptors (Lipinski definition) is 4. The van der Waals surface area contributed by atoms with E-state index in [2.05, 4.69) is 19.8 Å². The molecule has 0 saturated carbocycles. The second kappa shape index (κ2) is 6.37. The summed E-state index contributed by atoms with van der Waals surface area (Å²) in [5.74, 6) is 0.584. The highest BCUT2D eigenvalue weighted by Gasteiger charge is 2.29.